The van der Waals surface area contributed by atoms with Crippen LogP contribution < -0.4 is 0 Å². The van der Waals surface area contributed by atoms with E-state index < -0.39 is 0 Å². The second-order valence-corrected chi connectivity index (χ2v) is 4.80. The molecule has 1 unspecified atom stereocenters. The van der Waals surface area contributed by atoms with Crippen LogP contribution in [-0.2, 0) is 0 Å². The molecule has 1 atom stereocenters. The number of benzene rings is 1. The topological polar surface area (TPSA) is 40.9 Å². The van der Waals surface area contributed by atoms with Crippen molar-refractivity contribution in [3.8, 4) is 6.07 Å². The van der Waals surface area contributed by atoms with Crippen molar-refractivity contribution in [3.63, 3.8) is 0 Å². The molecule has 1 rings (SSSR count). The smallest absolute Gasteiger partial charge is 0.219 e. The average molecular weight is 233 g/mol. The molecule has 2 nitrogen and oxygen atoms in total. The first-order chi connectivity index (χ1) is 7.67. The summed E-state index contributed by atoms with van der Waals surface area (Å²) in [7, 11) is 0. The van der Waals surface area contributed by atoms with Gasteiger partial charge in [0.25, 0.3) is 0 Å². The molecule has 0 amide bonds. The number of carbonyl (C=O) groups is 1. The molecular weight excluding hydrogens is 218 g/mol. The second kappa shape index (κ2) is 6.34. The lowest BCUT2D eigenvalue weighted by molar-refractivity contribution is 0.108. The fraction of sp³-hybridized carbons (Fsp3) is 0.385. The van der Waals surface area contributed by atoms with Crippen molar-refractivity contribution in [1.82, 2.24) is 0 Å². The number of nitriles is 1. The fourth-order valence-corrected chi connectivity index (χ4v) is 2.10. The zero-order valence-corrected chi connectivity index (χ0v) is 10.4. The third-order valence-corrected chi connectivity index (χ3v) is 3.66. The van der Waals surface area contributed by atoms with Crippen LogP contribution >= 0.6 is 11.8 Å². The predicted molar refractivity (Wildman–Crippen MR) is 67.4 cm³/mol. The second-order valence-electron chi connectivity index (χ2n) is 3.80. The Balaban J connectivity index is 2.63. The van der Waals surface area contributed by atoms with Gasteiger partial charge in [-0.3, -0.25) is 4.79 Å². The van der Waals surface area contributed by atoms with Crippen LogP contribution in [0.25, 0.3) is 0 Å². The molecule has 0 spiro atoms. The van der Waals surface area contributed by atoms with E-state index in [1.165, 1.54) is 11.8 Å². The average Bonchev–Trinajstić information content (AvgIpc) is 2.35. The molecule has 3 heteroatoms. The van der Waals surface area contributed by atoms with Gasteiger partial charge in [0.15, 0.2) is 0 Å². The van der Waals surface area contributed by atoms with Gasteiger partial charge in [-0.25, -0.2) is 0 Å². The highest BCUT2D eigenvalue weighted by molar-refractivity contribution is 8.14. The van der Waals surface area contributed by atoms with E-state index in [9.17, 15) is 4.79 Å². The molecule has 0 aromatic heterocycles. The van der Waals surface area contributed by atoms with Gasteiger partial charge >= 0.3 is 0 Å². The molecule has 0 aliphatic rings. The molecule has 0 heterocycles. The van der Waals surface area contributed by atoms with E-state index in [-0.39, 0.29) is 5.12 Å². The van der Waals surface area contributed by atoms with Crippen molar-refractivity contribution in [1.29, 1.82) is 5.26 Å². The Bertz CT molecular complexity index is 409. The number of nitrogens with zero attached hydrogens (tertiary/aromatic N) is 1. The molecular formula is C13H15NOS. The van der Waals surface area contributed by atoms with E-state index in [1.54, 1.807) is 24.3 Å². The van der Waals surface area contributed by atoms with Gasteiger partial charge in [-0.05, 0) is 18.1 Å². The van der Waals surface area contributed by atoms with Crippen molar-refractivity contribution in [2.75, 3.05) is 5.75 Å². The van der Waals surface area contributed by atoms with Crippen molar-refractivity contribution in [3.05, 3.63) is 35.4 Å². The van der Waals surface area contributed by atoms with E-state index >= 15 is 0 Å². The Kier molecular flexibility index (Phi) is 5.07. The SMILES string of the molecule is CCC(C)CSC(=O)c1cccc(C#N)c1. The minimum Gasteiger partial charge on any atom is -0.282 e. The first kappa shape index (κ1) is 12.8. The first-order valence-corrected chi connectivity index (χ1v) is 6.33. The Labute approximate surface area is 101 Å². The van der Waals surface area contributed by atoms with Crippen molar-refractivity contribution in [2.24, 2.45) is 5.92 Å². The Morgan fingerprint density at radius 3 is 2.94 bits per heavy atom. The van der Waals surface area contributed by atoms with Gasteiger partial charge in [0.1, 0.15) is 0 Å². The van der Waals surface area contributed by atoms with E-state index in [0.29, 0.717) is 17.0 Å². The number of carbonyl (C=O) groups excluding carboxylic acids is 1. The summed E-state index contributed by atoms with van der Waals surface area (Å²) < 4.78 is 0. The van der Waals surface area contributed by atoms with E-state index in [0.717, 1.165) is 12.2 Å². The summed E-state index contributed by atoms with van der Waals surface area (Å²) in [5.41, 5.74) is 1.15. The number of hydrogen-bond donors (Lipinski definition) is 0. The highest BCUT2D eigenvalue weighted by Gasteiger charge is 2.09. The van der Waals surface area contributed by atoms with Gasteiger partial charge in [0.05, 0.1) is 11.6 Å². The van der Waals surface area contributed by atoms with Crippen LogP contribution in [0.15, 0.2) is 24.3 Å². The van der Waals surface area contributed by atoms with Crippen LogP contribution in [0.5, 0.6) is 0 Å². The van der Waals surface area contributed by atoms with E-state index in [2.05, 4.69) is 13.8 Å². The molecule has 0 aliphatic carbocycles. The van der Waals surface area contributed by atoms with Crippen molar-refractivity contribution >= 4 is 16.9 Å². The van der Waals surface area contributed by atoms with Gasteiger partial charge in [0.2, 0.25) is 5.12 Å². The van der Waals surface area contributed by atoms with Crippen molar-refractivity contribution in [2.45, 2.75) is 20.3 Å². The number of thioether (sulfide) groups is 1. The summed E-state index contributed by atoms with van der Waals surface area (Å²) in [6.45, 7) is 4.25. The van der Waals surface area contributed by atoms with E-state index in [1.807, 2.05) is 6.07 Å². The molecule has 1 aromatic carbocycles. The van der Waals surface area contributed by atoms with Crippen LogP contribution in [0.3, 0.4) is 0 Å². The Morgan fingerprint density at radius 1 is 1.56 bits per heavy atom. The van der Waals surface area contributed by atoms with Gasteiger partial charge in [-0.15, -0.1) is 0 Å². The number of rotatable bonds is 4. The molecule has 0 aliphatic heterocycles. The van der Waals surface area contributed by atoms with Gasteiger partial charge in [-0.2, -0.15) is 5.26 Å². The maximum Gasteiger partial charge on any atom is 0.219 e. The van der Waals surface area contributed by atoms with E-state index in [4.69, 9.17) is 5.26 Å². The molecule has 84 valence electrons. The van der Waals surface area contributed by atoms with Crippen LogP contribution in [-0.4, -0.2) is 10.9 Å². The normalized spacial score (nSPS) is 11.8. The molecule has 1 aromatic rings. The minimum absolute atomic E-state index is 0.0531. The number of hydrogen-bond acceptors (Lipinski definition) is 3. The zero-order chi connectivity index (χ0) is 12.0. The summed E-state index contributed by atoms with van der Waals surface area (Å²) in [5, 5.41) is 8.79. The minimum atomic E-state index is 0.0531. The molecule has 0 saturated heterocycles. The maximum atomic E-state index is 11.8. The maximum absolute atomic E-state index is 11.8. The quantitative estimate of drug-likeness (QED) is 0.799. The zero-order valence-electron chi connectivity index (χ0n) is 9.56. The lowest BCUT2D eigenvalue weighted by Gasteiger charge is -2.06. The summed E-state index contributed by atoms with van der Waals surface area (Å²) in [6.07, 6.45) is 1.08. The largest absolute Gasteiger partial charge is 0.282 e. The predicted octanol–water partition coefficient (Wildman–Crippen LogP) is 3.48. The molecule has 0 N–H and O–H groups in total. The third-order valence-electron chi connectivity index (χ3n) is 2.42. The standard InChI is InChI=1S/C13H15NOS/c1-3-10(2)9-16-13(15)12-6-4-5-11(7-12)8-14/h4-7,10H,3,9H2,1-2H3. The lowest BCUT2D eigenvalue weighted by atomic mass is 10.1. The van der Waals surface area contributed by atoms with Gasteiger partial charge < -0.3 is 0 Å². The molecule has 0 fully saturated rings. The highest BCUT2D eigenvalue weighted by Crippen LogP contribution is 2.17. The third kappa shape index (κ3) is 3.71. The van der Waals surface area contributed by atoms with Gasteiger partial charge in [-0.1, -0.05) is 44.2 Å². The summed E-state index contributed by atoms with van der Waals surface area (Å²) in [4.78, 5) is 11.8. The summed E-state index contributed by atoms with van der Waals surface area (Å²) >= 11 is 1.33. The first-order valence-electron chi connectivity index (χ1n) is 5.34. The summed E-state index contributed by atoms with van der Waals surface area (Å²) in [6, 6.07) is 8.89. The van der Waals surface area contributed by atoms with Gasteiger partial charge in [0, 0.05) is 11.3 Å². The highest BCUT2D eigenvalue weighted by atomic mass is 32.2. The van der Waals surface area contributed by atoms with Crippen LogP contribution in [0.4, 0.5) is 0 Å². The van der Waals surface area contributed by atoms with Crippen LogP contribution in [0, 0.1) is 17.2 Å². The fourth-order valence-electron chi connectivity index (χ4n) is 1.13. The van der Waals surface area contributed by atoms with Crippen LogP contribution in [0.1, 0.15) is 36.2 Å². The molecule has 0 bridgehead atoms. The molecule has 16 heavy (non-hydrogen) atoms. The monoisotopic (exact) mass is 233 g/mol. The molecule has 0 saturated carbocycles. The Hall–Kier alpha value is -1.27. The Morgan fingerprint density at radius 2 is 2.31 bits per heavy atom. The summed E-state index contributed by atoms with van der Waals surface area (Å²) in [5.74, 6) is 1.39. The van der Waals surface area contributed by atoms with Crippen LogP contribution in [0.2, 0.25) is 0 Å². The lowest BCUT2D eigenvalue weighted by Crippen LogP contribution is -2.01. The van der Waals surface area contributed by atoms with Crippen molar-refractivity contribution < 1.29 is 4.79 Å². The molecule has 0 radical (unpaired) electrons.